The van der Waals surface area contributed by atoms with Crippen molar-refractivity contribution in [1.82, 2.24) is 5.32 Å². The molecule has 0 spiro atoms. The molecule has 0 aliphatic heterocycles. The molecule has 0 fully saturated rings. The lowest BCUT2D eigenvalue weighted by atomic mass is 10.0. The molecule has 14 heavy (non-hydrogen) atoms. The molecule has 0 aromatic carbocycles. The normalized spacial score (nSPS) is 13.5. The van der Waals surface area contributed by atoms with E-state index in [0.717, 1.165) is 18.4 Å². The Balaban J connectivity index is 3.38. The van der Waals surface area contributed by atoms with Crippen molar-refractivity contribution in [3.05, 3.63) is 0 Å². The molecular formula is C12H27NS. The highest BCUT2D eigenvalue weighted by atomic mass is 32.2. The van der Waals surface area contributed by atoms with Gasteiger partial charge in [-0.2, -0.15) is 11.8 Å². The minimum atomic E-state index is 0.775. The van der Waals surface area contributed by atoms with Gasteiger partial charge in [-0.15, -0.1) is 0 Å². The van der Waals surface area contributed by atoms with Gasteiger partial charge in [0.1, 0.15) is 0 Å². The van der Waals surface area contributed by atoms with Crippen molar-refractivity contribution < 1.29 is 0 Å². The Morgan fingerprint density at radius 1 is 1.14 bits per heavy atom. The molecule has 0 amide bonds. The number of thioether (sulfide) groups is 1. The van der Waals surface area contributed by atoms with Gasteiger partial charge in [-0.1, -0.05) is 34.1 Å². The van der Waals surface area contributed by atoms with Crippen LogP contribution in [0.1, 0.15) is 40.5 Å². The van der Waals surface area contributed by atoms with Crippen LogP contribution in [0.4, 0.5) is 0 Å². The maximum Gasteiger partial charge on any atom is -0.00202 e. The van der Waals surface area contributed by atoms with Crippen LogP contribution in [0.2, 0.25) is 0 Å². The Morgan fingerprint density at radius 2 is 1.86 bits per heavy atom. The van der Waals surface area contributed by atoms with E-state index in [1.165, 1.54) is 30.9 Å². The molecule has 0 bridgehead atoms. The lowest BCUT2D eigenvalue weighted by molar-refractivity contribution is 0.432. The van der Waals surface area contributed by atoms with Gasteiger partial charge in [0, 0.05) is 0 Å². The van der Waals surface area contributed by atoms with Crippen LogP contribution >= 0.6 is 11.8 Å². The molecule has 0 heterocycles. The van der Waals surface area contributed by atoms with Crippen LogP contribution in [-0.4, -0.2) is 24.6 Å². The Labute approximate surface area is 94.4 Å². The van der Waals surface area contributed by atoms with Gasteiger partial charge in [-0.25, -0.2) is 0 Å². The summed E-state index contributed by atoms with van der Waals surface area (Å²) >= 11 is 2.06. The fourth-order valence-corrected chi connectivity index (χ4v) is 2.21. The molecule has 0 aliphatic rings. The highest BCUT2D eigenvalue weighted by Gasteiger charge is 2.05. The van der Waals surface area contributed by atoms with Crippen molar-refractivity contribution in [2.75, 3.05) is 24.6 Å². The Bertz CT molecular complexity index is 115. The number of rotatable bonds is 9. The molecule has 0 rings (SSSR count). The van der Waals surface area contributed by atoms with Gasteiger partial charge in [0.15, 0.2) is 0 Å². The maximum atomic E-state index is 3.55. The minimum Gasteiger partial charge on any atom is -0.316 e. The maximum absolute atomic E-state index is 3.55. The largest absolute Gasteiger partial charge is 0.316 e. The molecule has 0 saturated heterocycles. The first-order chi connectivity index (χ1) is 6.70. The van der Waals surface area contributed by atoms with E-state index in [9.17, 15) is 0 Å². The van der Waals surface area contributed by atoms with Crippen molar-refractivity contribution in [3.63, 3.8) is 0 Å². The van der Waals surface area contributed by atoms with Crippen molar-refractivity contribution in [1.29, 1.82) is 0 Å². The first-order valence-electron chi connectivity index (χ1n) is 5.99. The topological polar surface area (TPSA) is 12.0 Å². The van der Waals surface area contributed by atoms with Crippen LogP contribution in [0.3, 0.4) is 0 Å². The third-order valence-electron chi connectivity index (χ3n) is 2.44. The van der Waals surface area contributed by atoms with Crippen LogP contribution < -0.4 is 5.32 Å². The van der Waals surface area contributed by atoms with E-state index >= 15 is 0 Å². The second-order valence-corrected chi connectivity index (χ2v) is 5.71. The average Bonchev–Trinajstić information content (AvgIpc) is 2.15. The molecule has 0 radical (unpaired) electrons. The van der Waals surface area contributed by atoms with Crippen LogP contribution in [0.15, 0.2) is 0 Å². The molecule has 86 valence electrons. The fraction of sp³-hybridized carbons (Fsp3) is 1.00. The molecule has 1 nitrogen and oxygen atoms in total. The van der Waals surface area contributed by atoms with E-state index in [0.29, 0.717) is 0 Å². The molecule has 1 unspecified atom stereocenters. The smallest absolute Gasteiger partial charge is 0.00202 e. The summed E-state index contributed by atoms with van der Waals surface area (Å²) in [5.41, 5.74) is 0. The summed E-state index contributed by atoms with van der Waals surface area (Å²) in [5, 5.41) is 3.55. The zero-order valence-corrected chi connectivity index (χ0v) is 11.1. The summed E-state index contributed by atoms with van der Waals surface area (Å²) in [6, 6.07) is 0. The van der Waals surface area contributed by atoms with Crippen molar-refractivity contribution in [2.24, 2.45) is 11.8 Å². The quantitative estimate of drug-likeness (QED) is 0.594. The standard InChI is InChI=1S/C12H27NS/c1-5-12(7-8-14-6-2)10-13-9-11(3)4/h11-13H,5-10H2,1-4H3. The SMILES string of the molecule is CCSCCC(CC)CNCC(C)C. The lowest BCUT2D eigenvalue weighted by Crippen LogP contribution is -2.26. The molecular weight excluding hydrogens is 190 g/mol. The van der Waals surface area contributed by atoms with E-state index in [4.69, 9.17) is 0 Å². The molecule has 0 saturated carbocycles. The van der Waals surface area contributed by atoms with Gasteiger partial charge in [0.05, 0.1) is 0 Å². The first-order valence-corrected chi connectivity index (χ1v) is 7.14. The van der Waals surface area contributed by atoms with E-state index < -0.39 is 0 Å². The van der Waals surface area contributed by atoms with Crippen LogP contribution in [0.25, 0.3) is 0 Å². The highest BCUT2D eigenvalue weighted by Crippen LogP contribution is 2.12. The van der Waals surface area contributed by atoms with E-state index in [1.807, 2.05) is 0 Å². The minimum absolute atomic E-state index is 0.775. The second kappa shape index (κ2) is 9.85. The number of hydrogen-bond acceptors (Lipinski definition) is 2. The zero-order chi connectivity index (χ0) is 10.8. The van der Waals surface area contributed by atoms with Gasteiger partial charge in [0.2, 0.25) is 0 Å². The van der Waals surface area contributed by atoms with Gasteiger partial charge in [-0.05, 0) is 42.9 Å². The number of hydrogen-bond donors (Lipinski definition) is 1. The Hall–Kier alpha value is 0.310. The van der Waals surface area contributed by atoms with Gasteiger partial charge >= 0.3 is 0 Å². The van der Waals surface area contributed by atoms with Crippen LogP contribution in [0.5, 0.6) is 0 Å². The summed E-state index contributed by atoms with van der Waals surface area (Å²) < 4.78 is 0. The molecule has 0 aliphatic carbocycles. The molecule has 1 atom stereocenters. The van der Waals surface area contributed by atoms with Gasteiger partial charge in [-0.3, -0.25) is 0 Å². The predicted octanol–water partition coefficient (Wildman–Crippen LogP) is 3.40. The third-order valence-corrected chi connectivity index (χ3v) is 3.37. The Kier molecular flexibility index (Phi) is 10.1. The van der Waals surface area contributed by atoms with Gasteiger partial charge < -0.3 is 5.32 Å². The van der Waals surface area contributed by atoms with Crippen LogP contribution in [0, 0.1) is 11.8 Å². The summed E-state index contributed by atoms with van der Waals surface area (Å²) in [6.07, 6.45) is 2.69. The summed E-state index contributed by atoms with van der Waals surface area (Å²) in [7, 11) is 0. The molecule has 2 heteroatoms. The van der Waals surface area contributed by atoms with E-state index in [-0.39, 0.29) is 0 Å². The first kappa shape index (κ1) is 14.3. The molecule has 0 aromatic heterocycles. The zero-order valence-electron chi connectivity index (χ0n) is 10.3. The monoisotopic (exact) mass is 217 g/mol. The summed E-state index contributed by atoms with van der Waals surface area (Å²) in [6.45, 7) is 11.4. The van der Waals surface area contributed by atoms with Crippen LogP contribution in [-0.2, 0) is 0 Å². The lowest BCUT2D eigenvalue weighted by Gasteiger charge is -2.16. The summed E-state index contributed by atoms with van der Waals surface area (Å²) in [4.78, 5) is 0. The molecule has 0 aromatic rings. The molecule has 1 N–H and O–H groups in total. The predicted molar refractivity (Wildman–Crippen MR) is 69.1 cm³/mol. The highest BCUT2D eigenvalue weighted by molar-refractivity contribution is 7.99. The number of nitrogens with one attached hydrogen (secondary N) is 1. The second-order valence-electron chi connectivity index (χ2n) is 4.31. The van der Waals surface area contributed by atoms with E-state index in [2.05, 4.69) is 44.8 Å². The summed E-state index contributed by atoms with van der Waals surface area (Å²) in [5.74, 6) is 4.25. The van der Waals surface area contributed by atoms with Crippen molar-refractivity contribution >= 4 is 11.8 Å². The third kappa shape index (κ3) is 8.89. The van der Waals surface area contributed by atoms with Gasteiger partial charge in [0.25, 0.3) is 0 Å². The fourth-order valence-electron chi connectivity index (χ4n) is 1.42. The van der Waals surface area contributed by atoms with Crippen molar-refractivity contribution in [3.8, 4) is 0 Å². The van der Waals surface area contributed by atoms with E-state index in [1.54, 1.807) is 0 Å². The average molecular weight is 217 g/mol. The Morgan fingerprint density at radius 3 is 2.36 bits per heavy atom. The van der Waals surface area contributed by atoms with Crippen molar-refractivity contribution in [2.45, 2.75) is 40.5 Å².